The van der Waals surface area contributed by atoms with E-state index in [9.17, 15) is 9.59 Å². The fourth-order valence-electron chi connectivity index (χ4n) is 3.70. The van der Waals surface area contributed by atoms with Crippen LogP contribution in [0.4, 0.5) is 0 Å². The Bertz CT molecular complexity index is 322. The monoisotopic (exact) mass is 194 g/mol. The lowest BCUT2D eigenvalue weighted by molar-refractivity contribution is -0.148. The van der Waals surface area contributed by atoms with Crippen LogP contribution in [0.2, 0.25) is 0 Å². The van der Waals surface area contributed by atoms with Crippen LogP contribution in [0.3, 0.4) is 0 Å². The number of ether oxygens (including phenoxy) is 1. The number of carbonyl (C=O) groups excluding carboxylic acids is 2. The van der Waals surface area contributed by atoms with Crippen molar-refractivity contribution >= 4 is 11.8 Å². The smallest absolute Gasteiger partial charge is 0.313 e. The number of ketones is 1. The lowest BCUT2D eigenvalue weighted by atomic mass is 9.59. The summed E-state index contributed by atoms with van der Waals surface area (Å²) < 4.78 is 5.21. The molecule has 14 heavy (non-hydrogen) atoms. The highest BCUT2D eigenvalue weighted by molar-refractivity contribution is 5.94. The minimum Gasteiger partial charge on any atom is -0.465 e. The summed E-state index contributed by atoms with van der Waals surface area (Å²) in [6.45, 7) is 0.498. The standard InChI is InChI=1S/C11H14O3/c12-8-5-10-3-1-2-4-11(10,6-8)9(13)14-7-10/h1-7H2/t10-,11+/m1/s1. The van der Waals surface area contributed by atoms with Crippen LogP contribution in [-0.2, 0) is 14.3 Å². The van der Waals surface area contributed by atoms with Crippen LogP contribution >= 0.6 is 0 Å². The van der Waals surface area contributed by atoms with Crippen LogP contribution in [0.1, 0.15) is 38.5 Å². The molecule has 0 aromatic carbocycles. The van der Waals surface area contributed by atoms with Gasteiger partial charge in [-0.15, -0.1) is 0 Å². The van der Waals surface area contributed by atoms with Gasteiger partial charge in [0, 0.05) is 18.3 Å². The molecule has 3 aliphatic rings. The van der Waals surface area contributed by atoms with Crippen molar-refractivity contribution in [2.75, 3.05) is 6.61 Å². The molecule has 1 heterocycles. The maximum Gasteiger partial charge on any atom is 0.313 e. The first kappa shape index (κ1) is 8.45. The molecule has 2 saturated carbocycles. The molecule has 0 N–H and O–H groups in total. The molecule has 2 atom stereocenters. The van der Waals surface area contributed by atoms with Gasteiger partial charge in [-0.1, -0.05) is 12.8 Å². The van der Waals surface area contributed by atoms with Crippen LogP contribution in [-0.4, -0.2) is 18.4 Å². The fraction of sp³-hybridized carbons (Fsp3) is 0.818. The second kappa shape index (κ2) is 2.38. The van der Waals surface area contributed by atoms with E-state index in [4.69, 9.17) is 4.74 Å². The zero-order valence-corrected chi connectivity index (χ0v) is 8.17. The Morgan fingerprint density at radius 1 is 1.07 bits per heavy atom. The van der Waals surface area contributed by atoms with Crippen molar-refractivity contribution in [1.82, 2.24) is 0 Å². The van der Waals surface area contributed by atoms with Gasteiger partial charge in [-0.3, -0.25) is 9.59 Å². The number of Topliss-reactive ketones (excluding diaryl/α,β-unsaturated/α-hetero) is 1. The van der Waals surface area contributed by atoms with Crippen LogP contribution < -0.4 is 0 Å². The van der Waals surface area contributed by atoms with E-state index in [1.165, 1.54) is 0 Å². The molecule has 0 bridgehead atoms. The predicted molar refractivity (Wildman–Crippen MR) is 48.5 cm³/mol. The molecule has 3 rings (SSSR count). The molecule has 2 aliphatic carbocycles. The van der Waals surface area contributed by atoms with E-state index < -0.39 is 5.41 Å². The lowest BCUT2D eigenvalue weighted by Gasteiger charge is -2.39. The van der Waals surface area contributed by atoms with Crippen molar-refractivity contribution in [1.29, 1.82) is 0 Å². The van der Waals surface area contributed by atoms with Crippen molar-refractivity contribution in [3.63, 3.8) is 0 Å². The zero-order chi connectivity index (χ0) is 9.81. The Morgan fingerprint density at radius 2 is 1.86 bits per heavy atom. The van der Waals surface area contributed by atoms with Crippen molar-refractivity contribution in [2.24, 2.45) is 10.8 Å². The number of hydrogen-bond acceptors (Lipinski definition) is 3. The highest BCUT2D eigenvalue weighted by Gasteiger charge is 2.67. The average molecular weight is 194 g/mol. The average Bonchev–Trinajstić information content (AvgIpc) is 2.60. The Balaban J connectivity index is 2.11. The summed E-state index contributed by atoms with van der Waals surface area (Å²) in [6.07, 6.45) is 5.13. The third-order valence-electron chi connectivity index (χ3n) is 4.43. The molecule has 3 heteroatoms. The first-order chi connectivity index (χ1) is 6.69. The first-order valence-corrected chi connectivity index (χ1v) is 5.38. The van der Waals surface area contributed by atoms with Crippen LogP contribution in [0.5, 0.6) is 0 Å². The largest absolute Gasteiger partial charge is 0.465 e. The van der Waals surface area contributed by atoms with E-state index in [1.54, 1.807) is 0 Å². The van der Waals surface area contributed by atoms with E-state index in [1.807, 2.05) is 0 Å². The van der Waals surface area contributed by atoms with Gasteiger partial charge in [0.1, 0.15) is 5.78 Å². The van der Waals surface area contributed by atoms with Gasteiger partial charge >= 0.3 is 5.97 Å². The van der Waals surface area contributed by atoms with E-state index in [-0.39, 0.29) is 17.2 Å². The van der Waals surface area contributed by atoms with Gasteiger partial charge in [0.25, 0.3) is 0 Å². The topological polar surface area (TPSA) is 43.4 Å². The van der Waals surface area contributed by atoms with Gasteiger partial charge < -0.3 is 4.74 Å². The molecule has 0 unspecified atom stereocenters. The SMILES string of the molecule is O=C1C[C@@]23CCCC[C@]2(C1)C(=O)OC3. The van der Waals surface area contributed by atoms with Gasteiger partial charge in [0.05, 0.1) is 12.0 Å². The minimum atomic E-state index is -0.400. The number of cyclic esters (lactones) is 1. The van der Waals surface area contributed by atoms with E-state index in [2.05, 4.69) is 0 Å². The van der Waals surface area contributed by atoms with Crippen molar-refractivity contribution < 1.29 is 14.3 Å². The molecule has 0 aromatic heterocycles. The van der Waals surface area contributed by atoms with E-state index >= 15 is 0 Å². The summed E-state index contributed by atoms with van der Waals surface area (Å²) in [4.78, 5) is 23.3. The summed E-state index contributed by atoms with van der Waals surface area (Å²) in [5, 5.41) is 0. The quantitative estimate of drug-likeness (QED) is 0.548. The Labute approximate surface area is 82.8 Å². The summed E-state index contributed by atoms with van der Waals surface area (Å²) in [6, 6.07) is 0. The maximum absolute atomic E-state index is 11.8. The molecule has 3 fully saturated rings. The fourth-order valence-corrected chi connectivity index (χ4v) is 3.70. The predicted octanol–water partition coefficient (Wildman–Crippen LogP) is 1.45. The molecule has 0 radical (unpaired) electrons. The third kappa shape index (κ3) is 0.748. The Kier molecular flexibility index (Phi) is 1.44. The van der Waals surface area contributed by atoms with Crippen LogP contribution in [0, 0.1) is 10.8 Å². The summed E-state index contributed by atoms with van der Waals surface area (Å²) in [7, 11) is 0. The van der Waals surface area contributed by atoms with Gasteiger partial charge in [-0.05, 0) is 12.8 Å². The summed E-state index contributed by atoms with van der Waals surface area (Å²) in [5.41, 5.74) is -0.498. The molecule has 0 spiro atoms. The molecule has 0 aromatic rings. The molecule has 1 aliphatic heterocycles. The van der Waals surface area contributed by atoms with E-state index in [0.29, 0.717) is 19.4 Å². The molecule has 76 valence electrons. The number of esters is 1. The van der Waals surface area contributed by atoms with Crippen molar-refractivity contribution in [3.8, 4) is 0 Å². The minimum absolute atomic E-state index is 0.0944. The molecule has 3 nitrogen and oxygen atoms in total. The van der Waals surface area contributed by atoms with Gasteiger partial charge in [-0.2, -0.15) is 0 Å². The van der Waals surface area contributed by atoms with Crippen molar-refractivity contribution in [2.45, 2.75) is 38.5 Å². The summed E-state index contributed by atoms with van der Waals surface area (Å²) >= 11 is 0. The van der Waals surface area contributed by atoms with Gasteiger partial charge in [0.15, 0.2) is 0 Å². The molecule has 0 amide bonds. The number of carbonyl (C=O) groups is 2. The van der Waals surface area contributed by atoms with Crippen LogP contribution in [0.15, 0.2) is 0 Å². The highest BCUT2D eigenvalue weighted by atomic mass is 16.5. The molecular weight excluding hydrogens is 180 g/mol. The lowest BCUT2D eigenvalue weighted by Crippen LogP contribution is -2.41. The highest BCUT2D eigenvalue weighted by Crippen LogP contribution is 2.63. The summed E-state index contributed by atoms with van der Waals surface area (Å²) in [5.74, 6) is 0.173. The molecule has 1 saturated heterocycles. The maximum atomic E-state index is 11.8. The first-order valence-electron chi connectivity index (χ1n) is 5.38. The number of rotatable bonds is 0. The molecular formula is C11H14O3. The zero-order valence-electron chi connectivity index (χ0n) is 8.17. The normalized spacial score (nSPS) is 46.0. The Morgan fingerprint density at radius 3 is 2.64 bits per heavy atom. The Hall–Kier alpha value is -0.860. The second-order valence-corrected chi connectivity index (χ2v) is 5.04. The third-order valence-corrected chi connectivity index (χ3v) is 4.43. The number of hydrogen-bond donors (Lipinski definition) is 0. The van der Waals surface area contributed by atoms with Crippen molar-refractivity contribution in [3.05, 3.63) is 0 Å². The second-order valence-electron chi connectivity index (χ2n) is 5.04. The van der Waals surface area contributed by atoms with Crippen LogP contribution in [0.25, 0.3) is 0 Å². The van der Waals surface area contributed by atoms with Gasteiger partial charge in [0.2, 0.25) is 0 Å². The van der Waals surface area contributed by atoms with Gasteiger partial charge in [-0.25, -0.2) is 0 Å². The van der Waals surface area contributed by atoms with E-state index in [0.717, 1.165) is 25.7 Å².